The first kappa shape index (κ1) is 11.9. The van der Waals surface area contributed by atoms with E-state index >= 15 is 0 Å². The molecule has 1 aliphatic heterocycles. The molecule has 1 fully saturated rings. The fourth-order valence-electron chi connectivity index (χ4n) is 1.73. The minimum atomic E-state index is -0.851. The van der Waals surface area contributed by atoms with Crippen LogP contribution < -0.4 is 4.74 Å². The average molecular weight is 237 g/mol. The molecule has 92 valence electrons. The zero-order valence-electron chi connectivity index (χ0n) is 9.32. The number of amides is 1. The van der Waals surface area contributed by atoms with Gasteiger partial charge in [-0.15, -0.1) is 0 Å². The van der Waals surface area contributed by atoms with Crippen LogP contribution in [0.15, 0.2) is 30.3 Å². The maximum absolute atomic E-state index is 11.7. The van der Waals surface area contributed by atoms with E-state index in [4.69, 9.17) is 4.74 Å². The van der Waals surface area contributed by atoms with Gasteiger partial charge in [-0.2, -0.15) is 0 Å². The summed E-state index contributed by atoms with van der Waals surface area (Å²) in [6.07, 6.45) is -1.70. The van der Waals surface area contributed by atoms with E-state index < -0.39 is 12.2 Å². The molecule has 2 rings (SSSR count). The Bertz CT molecular complexity index is 371. The molecule has 0 spiro atoms. The van der Waals surface area contributed by atoms with Crippen LogP contribution in [-0.2, 0) is 4.79 Å². The lowest BCUT2D eigenvalue weighted by Gasteiger charge is -2.15. The van der Waals surface area contributed by atoms with Gasteiger partial charge in [0.15, 0.2) is 6.61 Å². The molecule has 17 heavy (non-hydrogen) atoms. The quantitative estimate of drug-likeness (QED) is 0.752. The number of hydrogen-bond acceptors (Lipinski definition) is 4. The molecule has 2 N–H and O–H groups in total. The number of nitrogens with zero attached hydrogens (tertiary/aromatic N) is 1. The summed E-state index contributed by atoms with van der Waals surface area (Å²) < 4.78 is 5.30. The normalized spacial score (nSPS) is 23.8. The number of β-amino-alcohol motifs (C(OH)–C–C–N with tert-alkyl or cyclic N) is 2. The minimum absolute atomic E-state index is 0.0799. The van der Waals surface area contributed by atoms with E-state index in [0.717, 1.165) is 0 Å². The highest BCUT2D eigenvalue weighted by Gasteiger charge is 2.32. The fourth-order valence-corrected chi connectivity index (χ4v) is 1.73. The molecule has 1 aliphatic rings. The zero-order valence-corrected chi connectivity index (χ0v) is 9.32. The number of benzene rings is 1. The van der Waals surface area contributed by atoms with Crippen molar-refractivity contribution in [2.45, 2.75) is 12.2 Å². The van der Waals surface area contributed by atoms with Crippen LogP contribution >= 0.6 is 0 Å². The van der Waals surface area contributed by atoms with E-state index in [-0.39, 0.29) is 25.6 Å². The van der Waals surface area contributed by atoms with Crippen LogP contribution in [0, 0.1) is 0 Å². The number of hydrogen-bond donors (Lipinski definition) is 2. The predicted molar refractivity (Wildman–Crippen MR) is 60.5 cm³/mol. The van der Waals surface area contributed by atoms with Crippen molar-refractivity contribution in [1.29, 1.82) is 0 Å². The number of carbonyl (C=O) groups excluding carboxylic acids is 1. The summed E-state index contributed by atoms with van der Waals surface area (Å²) in [5.74, 6) is 0.394. The summed E-state index contributed by atoms with van der Waals surface area (Å²) in [5, 5.41) is 18.6. The Kier molecular flexibility index (Phi) is 3.61. The second-order valence-corrected chi connectivity index (χ2v) is 4.04. The van der Waals surface area contributed by atoms with E-state index in [9.17, 15) is 15.0 Å². The number of para-hydroxylation sites is 1. The summed E-state index contributed by atoms with van der Waals surface area (Å²) in [7, 11) is 0. The molecule has 1 amide bonds. The first-order valence-electron chi connectivity index (χ1n) is 5.48. The van der Waals surface area contributed by atoms with Crippen molar-refractivity contribution < 1.29 is 19.7 Å². The summed E-state index contributed by atoms with van der Waals surface area (Å²) in [5.41, 5.74) is 0. The molecule has 2 unspecified atom stereocenters. The Morgan fingerprint density at radius 1 is 1.24 bits per heavy atom. The van der Waals surface area contributed by atoms with Gasteiger partial charge in [-0.3, -0.25) is 4.79 Å². The van der Waals surface area contributed by atoms with Gasteiger partial charge in [0, 0.05) is 13.1 Å². The molecule has 2 atom stereocenters. The second-order valence-electron chi connectivity index (χ2n) is 4.04. The molecule has 0 radical (unpaired) electrons. The monoisotopic (exact) mass is 237 g/mol. The predicted octanol–water partition coefficient (Wildman–Crippen LogP) is -0.371. The Hall–Kier alpha value is -1.59. The summed E-state index contributed by atoms with van der Waals surface area (Å²) in [6, 6.07) is 9.04. The lowest BCUT2D eigenvalue weighted by atomic mass is 10.3. The smallest absolute Gasteiger partial charge is 0.260 e. The molecule has 1 aromatic carbocycles. The molecule has 0 bridgehead atoms. The van der Waals surface area contributed by atoms with Gasteiger partial charge in [0.25, 0.3) is 5.91 Å². The molecule has 0 aliphatic carbocycles. The van der Waals surface area contributed by atoms with Crippen molar-refractivity contribution in [2.75, 3.05) is 19.7 Å². The van der Waals surface area contributed by atoms with Gasteiger partial charge in [-0.05, 0) is 12.1 Å². The van der Waals surface area contributed by atoms with Crippen molar-refractivity contribution in [3.05, 3.63) is 30.3 Å². The minimum Gasteiger partial charge on any atom is -0.484 e. The molecule has 5 nitrogen and oxygen atoms in total. The lowest BCUT2D eigenvalue weighted by Crippen LogP contribution is -2.33. The third-order valence-electron chi connectivity index (χ3n) is 2.72. The molecule has 5 heteroatoms. The summed E-state index contributed by atoms with van der Waals surface area (Å²) >= 11 is 0. The SMILES string of the molecule is O=C(COc1ccccc1)N1CC(O)C(O)C1. The number of aliphatic hydroxyl groups is 2. The highest BCUT2D eigenvalue weighted by molar-refractivity contribution is 5.78. The molecule has 1 aromatic rings. The van der Waals surface area contributed by atoms with Crippen LogP contribution in [0.4, 0.5) is 0 Å². The van der Waals surface area contributed by atoms with Gasteiger partial charge in [0.2, 0.25) is 0 Å². The summed E-state index contributed by atoms with van der Waals surface area (Å²) in [6.45, 7) is 0.250. The summed E-state index contributed by atoms with van der Waals surface area (Å²) in [4.78, 5) is 13.1. The van der Waals surface area contributed by atoms with E-state index in [1.54, 1.807) is 12.1 Å². The average Bonchev–Trinajstić information content (AvgIpc) is 2.68. The molecular formula is C12H15NO4. The van der Waals surface area contributed by atoms with Crippen LogP contribution in [0.25, 0.3) is 0 Å². The highest BCUT2D eigenvalue weighted by Crippen LogP contribution is 2.12. The molecule has 1 saturated heterocycles. The molecule has 1 heterocycles. The fraction of sp³-hybridized carbons (Fsp3) is 0.417. The Morgan fingerprint density at radius 3 is 2.41 bits per heavy atom. The largest absolute Gasteiger partial charge is 0.484 e. The Balaban J connectivity index is 1.82. The Labute approximate surface area is 99.2 Å². The van der Waals surface area contributed by atoms with Gasteiger partial charge < -0.3 is 19.8 Å². The zero-order chi connectivity index (χ0) is 12.3. The van der Waals surface area contributed by atoms with Crippen LogP contribution in [0.3, 0.4) is 0 Å². The molecule has 0 aromatic heterocycles. The van der Waals surface area contributed by atoms with Gasteiger partial charge in [-0.25, -0.2) is 0 Å². The maximum atomic E-state index is 11.7. The van der Waals surface area contributed by atoms with E-state index in [2.05, 4.69) is 0 Å². The van der Waals surface area contributed by atoms with Crippen LogP contribution in [-0.4, -0.2) is 52.9 Å². The number of aliphatic hydroxyl groups excluding tert-OH is 2. The van der Waals surface area contributed by atoms with Crippen molar-refractivity contribution in [3.63, 3.8) is 0 Å². The second kappa shape index (κ2) is 5.16. The van der Waals surface area contributed by atoms with Crippen molar-refractivity contribution >= 4 is 5.91 Å². The number of rotatable bonds is 3. The first-order valence-corrected chi connectivity index (χ1v) is 5.48. The standard InChI is InChI=1S/C12H15NO4/c14-10-6-13(7-11(10)15)12(16)8-17-9-4-2-1-3-5-9/h1-5,10-11,14-15H,6-8H2. The van der Waals surface area contributed by atoms with Crippen molar-refractivity contribution in [2.24, 2.45) is 0 Å². The van der Waals surface area contributed by atoms with E-state index in [0.29, 0.717) is 5.75 Å². The van der Waals surface area contributed by atoms with Crippen LogP contribution in [0.1, 0.15) is 0 Å². The van der Waals surface area contributed by atoms with Crippen LogP contribution in [0.5, 0.6) is 5.75 Å². The van der Waals surface area contributed by atoms with Gasteiger partial charge in [-0.1, -0.05) is 18.2 Å². The number of likely N-dealkylation sites (tertiary alicyclic amines) is 1. The third-order valence-corrected chi connectivity index (χ3v) is 2.72. The van der Waals surface area contributed by atoms with E-state index in [1.807, 2.05) is 18.2 Å². The first-order chi connectivity index (χ1) is 8.16. The number of ether oxygens (including phenoxy) is 1. The van der Waals surface area contributed by atoms with Crippen molar-refractivity contribution in [1.82, 2.24) is 4.90 Å². The Morgan fingerprint density at radius 2 is 1.82 bits per heavy atom. The van der Waals surface area contributed by atoms with Gasteiger partial charge in [0.1, 0.15) is 5.75 Å². The lowest BCUT2D eigenvalue weighted by molar-refractivity contribution is -0.132. The highest BCUT2D eigenvalue weighted by atomic mass is 16.5. The molecule has 0 saturated carbocycles. The van der Waals surface area contributed by atoms with Gasteiger partial charge in [0.05, 0.1) is 12.2 Å². The number of carbonyl (C=O) groups is 1. The van der Waals surface area contributed by atoms with Gasteiger partial charge >= 0.3 is 0 Å². The topological polar surface area (TPSA) is 70.0 Å². The third kappa shape index (κ3) is 2.95. The maximum Gasteiger partial charge on any atom is 0.260 e. The van der Waals surface area contributed by atoms with Crippen molar-refractivity contribution in [3.8, 4) is 5.75 Å². The van der Waals surface area contributed by atoms with Crippen LogP contribution in [0.2, 0.25) is 0 Å². The van der Waals surface area contributed by atoms with E-state index in [1.165, 1.54) is 4.90 Å². The molecular weight excluding hydrogens is 222 g/mol.